The first-order chi connectivity index (χ1) is 26.7. The minimum absolute atomic E-state index is 0.0257. The van der Waals surface area contributed by atoms with Crippen molar-refractivity contribution in [1.29, 1.82) is 0 Å². The van der Waals surface area contributed by atoms with E-state index < -0.39 is 65.3 Å². The zero-order chi connectivity index (χ0) is 44.3. The SMILES string of the molecule is C/C(=N\NC(=O)Nc1cc(F)cc(F)c1)c1ncccc1C(=O)O.CP(=O)(O)CCC(N)C(=O)O.Cc1nn(-c2cc(NS(C)(=O)=O)c(Cl)cc2Cl)c(=O)n1C(F)F. The Bertz CT molecular complexity index is 2390. The number of benzene rings is 2. The van der Waals surface area contributed by atoms with Crippen molar-refractivity contribution < 1.29 is 60.0 Å². The first-order valence-corrected chi connectivity index (χ1v) is 20.6. The van der Waals surface area contributed by atoms with Crippen LogP contribution in [0.5, 0.6) is 0 Å². The molecular weight excluding hydrogens is 868 g/mol. The zero-order valence-electron chi connectivity index (χ0n) is 30.3. The fraction of sp³-hybridized carbons (Fsp3) is 0.258. The fourth-order valence-electron chi connectivity index (χ4n) is 4.18. The summed E-state index contributed by atoms with van der Waals surface area (Å²) in [6, 6.07) is 5.76. The lowest BCUT2D eigenvalue weighted by molar-refractivity contribution is -0.138. The lowest BCUT2D eigenvalue weighted by Crippen LogP contribution is -2.30. The van der Waals surface area contributed by atoms with Crippen LogP contribution in [0.25, 0.3) is 5.69 Å². The van der Waals surface area contributed by atoms with Crippen LogP contribution in [0, 0.1) is 18.6 Å². The topological polar surface area (TPSA) is 290 Å². The Hall–Kier alpha value is -5.39. The van der Waals surface area contributed by atoms with E-state index in [-0.39, 0.29) is 67.1 Å². The normalized spacial score (nSPS) is 12.9. The average Bonchev–Trinajstić information content (AvgIpc) is 3.39. The number of hydrazone groups is 1. The first-order valence-electron chi connectivity index (χ1n) is 15.7. The number of halogens is 6. The van der Waals surface area contributed by atoms with Crippen LogP contribution in [0.2, 0.25) is 10.0 Å². The number of hydrogen-bond acceptors (Lipinski definition) is 11. The van der Waals surface area contributed by atoms with Gasteiger partial charge in [-0.25, -0.2) is 41.6 Å². The molecule has 0 aliphatic heterocycles. The van der Waals surface area contributed by atoms with Crippen LogP contribution < -0.4 is 26.9 Å². The van der Waals surface area contributed by atoms with Gasteiger partial charge in [0.2, 0.25) is 10.0 Å². The van der Waals surface area contributed by atoms with Crippen LogP contribution in [0.1, 0.15) is 41.8 Å². The second-order valence-electron chi connectivity index (χ2n) is 11.7. The number of urea groups is 1. The molecule has 0 fully saturated rings. The highest BCUT2D eigenvalue weighted by Crippen LogP contribution is 2.36. The number of aliphatic carboxylic acids is 1. The highest BCUT2D eigenvalue weighted by Gasteiger charge is 2.22. The summed E-state index contributed by atoms with van der Waals surface area (Å²) in [5.41, 5.74) is 5.98. The number of amides is 2. The maximum atomic E-state index is 13.0. The van der Waals surface area contributed by atoms with Crippen molar-refractivity contribution in [1.82, 2.24) is 24.8 Å². The van der Waals surface area contributed by atoms with Crippen molar-refractivity contribution in [3.8, 4) is 5.69 Å². The molecule has 2 heterocycles. The number of carboxylic acids is 2. The van der Waals surface area contributed by atoms with Gasteiger partial charge in [-0.05, 0) is 56.7 Å². The first kappa shape index (κ1) is 48.8. The van der Waals surface area contributed by atoms with E-state index in [4.69, 9.17) is 44.0 Å². The number of nitrogens with zero attached hydrogens (tertiary/aromatic N) is 5. The van der Waals surface area contributed by atoms with E-state index in [1.807, 2.05) is 0 Å². The maximum Gasteiger partial charge on any atom is 0.355 e. The maximum absolute atomic E-state index is 13.0. The van der Waals surface area contributed by atoms with E-state index >= 15 is 0 Å². The fourth-order valence-corrected chi connectivity index (χ4v) is 6.07. The summed E-state index contributed by atoms with van der Waals surface area (Å²) in [6.45, 7) is 0.790. The predicted octanol–water partition coefficient (Wildman–Crippen LogP) is 4.71. The molecule has 58 heavy (non-hydrogen) atoms. The number of nitrogens with two attached hydrogens (primary N) is 1. The number of hydrogen-bond donors (Lipinski definition) is 7. The number of carbonyl (C=O) groups excluding carboxylic acids is 1. The van der Waals surface area contributed by atoms with Gasteiger partial charge in [0.15, 0.2) is 7.37 Å². The number of rotatable bonds is 12. The van der Waals surface area contributed by atoms with Crippen molar-refractivity contribution in [3.05, 3.63) is 97.9 Å². The molecule has 0 aliphatic rings. The third kappa shape index (κ3) is 15.5. The summed E-state index contributed by atoms with van der Waals surface area (Å²) < 4.78 is 88.0. The number of nitrogens with one attached hydrogen (secondary N) is 3. The number of aromatic nitrogens is 4. The Balaban J connectivity index is 0.000000321. The number of aromatic carboxylic acids is 1. The molecule has 2 aromatic carbocycles. The molecule has 0 bridgehead atoms. The van der Waals surface area contributed by atoms with Crippen molar-refractivity contribution in [2.24, 2.45) is 10.8 Å². The van der Waals surface area contributed by atoms with Crippen LogP contribution in [-0.2, 0) is 19.4 Å². The van der Waals surface area contributed by atoms with Crippen LogP contribution in [0.4, 0.5) is 33.7 Å². The highest BCUT2D eigenvalue weighted by molar-refractivity contribution is 7.92. The summed E-state index contributed by atoms with van der Waals surface area (Å²) in [5.74, 6) is -4.24. The molecule has 0 spiro atoms. The summed E-state index contributed by atoms with van der Waals surface area (Å²) in [6.07, 6.45) is 2.29. The molecule has 2 amide bonds. The van der Waals surface area contributed by atoms with Crippen molar-refractivity contribution in [2.45, 2.75) is 32.9 Å². The molecule has 2 atom stereocenters. The Labute approximate surface area is 336 Å². The molecule has 0 saturated carbocycles. The minimum atomic E-state index is -3.65. The number of sulfonamides is 1. The van der Waals surface area contributed by atoms with E-state index in [9.17, 15) is 49.7 Å². The van der Waals surface area contributed by atoms with Gasteiger partial charge in [-0.15, -0.1) is 5.10 Å². The largest absolute Gasteiger partial charge is 0.480 e. The number of aryl methyl sites for hydroxylation is 1. The lowest BCUT2D eigenvalue weighted by Gasteiger charge is -2.10. The van der Waals surface area contributed by atoms with Crippen LogP contribution in [-0.4, -0.2) is 91.7 Å². The van der Waals surface area contributed by atoms with Crippen molar-refractivity contribution in [2.75, 3.05) is 29.1 Å². The van der Waals surface area contributed by atoms with Gasteiger partial charge in [0.1, 0.15) is 29.2 Å². The number of pyridine rings is 1. The van der Waals surface area contributed by atoms with Gasteiger partial charge < -0.3 is 26.2 Å². The second kappa shape index (κ2) is 20.9. The molecule has 0 radical (unpaired) electrons. The van der Waals surface area contributed by atoms with Crippen LogP contribution in [0.15, 0.2) is 58.6 Å². The molecular formula is C31H34Cl2F4N9O10PS. The molecule has 0 aliphatic carbocycles. The smallest absolute Gasteiger partial charge is 0.355 e. The van der Waals surface area contributed by atoms with Gasteiger partial charge in [0, 0.05) is 30.8 Å². The van der Waals surface area contributed by atoms with E-state index in [1.165, 1.54) is 44.9 Å². The number of carbonyl (C=O) groups is 3. The van der Waals surface area contributed by atoms with E-state index in [0.717, 1.165) is 24.5 Å². The molecule has 4 rings (SSSR count). The molecule has 2 aromatic heterocycles. The van der Waals surface area contributed by atoms with Crippen molar-refractivity contribution in [3.63, 3.8) is 0 Å². The monoisotopic (exact) mass is 901 g/mol. The van der Waals surface area contributed by atoms with Gasteiger partial charge in [0.05, 0.1) is 39.0 Å². The number of carboxylic acid groups (broad SMARTS) is 2. The molecule has 4 aromatic rings. The van der Waals surface area contributed by atoms with Gasteiger partial charge >= 0.3 is 30.2 Å². The Kier molecular flexibility index (Phi) is 17.5. The highest BCUT2D eigenvalue weighted by atomic mass is 35.5. The Morgan fingerprint density at radius 2 is 1.67 bits per heavy atom. The van der Waals surface area contributed by atoms with Gasteiger partial charge in [-0.1, -0.05) is 23.2 Å². The summed E-state index contributed by atoms with van der Waals surface area (Å²) in [4.78, 5) is 57.6. The quantitative estimate of drug-likeness (QED) is 0.0440. The summed E-state index contributed by atoms with van der Waals surface area (Å²) in [7, 11) is -6.75. The van der Waals surface area contributed by atoms with Gasteiger partial charge in [0.25, 0.3) is 0 Å². The third-order valence-corrected chi connectivity index (χ3v) is 9.03. The summed E-state index contributed by atoms with van der Waals surface area (Å²) >= 11 is 11.8. The van der Waals surface area contributed by atoms with Crippen LogP contribution in [0.3, 0.4) is 0 Å². The third-order valence-electron chi connectivity index (χ3n) is 6.73. The van der Waals surface area contributed by atoms with Gasteiger partial charge in [-0.2, -0.15) is 18.6 Å². The van der Waals surface area contributed by atoms with Gasteiger partial charge in [-0.3, -0.25) is 19.1 Å². The number of anilines is 2. The van der Waals surface area contributed by atoms with Crippen LogP contribution >= 0.6 is 30.6 Å². The summed E-state index contributed by atoms with van der Waals surface area (Å²) in [5, 5.41) is 26.9. The molecule has 2 unspecified atom stereocenters. The lowest BCUT2D eigenvalue weighted by atomic mass is 10.1. The molecule has 27 heteroatoms. The molecule has 0 saturated heterocycles. The minimum Gasteiger partial charge on any atom is -0.480 e. The zero-order valence-corrected chi connectivity index (χ0v) is 33.5. The van der Waals surface area contributed by atoms with E-state index in [0.29, 0.717) is 10.7 Å². The predicted molar refractivity (Wildman–Crippen MR) is 205 cm³/mol. The number of alkyl halides is 2. The standard InChI is InChI=1S/C15H12F2N4O3.C11H10Cl2F2N4O3S.C5H12NO4P/c1-8(13-12(14(22)23)3-2-4-18-13)20-21-15(24)19-11-6-9(16)5-10(17)7-11;1-5-16-19(11(20)18(5)10(14)15)9-4-8(17-23(2,21)22)6(12)3-7(9)13;1-11(9,10)3-2-4(6)5(7)8/h2-7H,1H3,(H,22,23)(H2,19,21,24);3-4,10,17H,1-2H3;4H,2-3,6H2,1H3,(H,7,8)(H,9,10)/b20-8+;;. The van der Waals surface area contributed by atoms with E-state index in [2.05, 4.69) is 30.6 Å². The Morgan fingerprint density at radius 1 is 1.07 bits per heavy atom. The molecule has 316 valence electrons. The van der Waals surface area contributed by atoms with Crippen molar-refractivity contribution >= 4 is 75.7 Å². The molecule has 19 nitrogen and oxygen atoms in total. The molecule has 8 N–H and O–H groups in total. The van der Waals surface area contributed by atoms with E-state index in [1.54, 1.807) is 0 Å². The average molecular weight is 903 g/mol. The second-order valence-corrected chi connectivity index (χ2v) is 16.8. The Morgan fingerprint density at radius 3 is 2.17 bits per heavy atom.